The first-order chi connectivity index (χ1) is 13.2. The summed E-state index contributed by atoms with van der Waals surface area (Å²) in [6.07, 6.45) is 0.817. The van der Waals surface area contributed by atoms with E-state index in [9.17, 15) is 4.79 Å². The van der Waals surface area contributed by atoms with Crippen LogP contribution in [-0.4, -0.2) is 50.8 Å². The molecule has 2 aromatic carbocycles. The van der Waals surface area contributed by atoms with Crippen LogP contribution >= 0.6 is 0 Å². The lowest BCUT2D eigenvalue weighted by atomic mass is 9.89. The molecule has 1 aliphatic rings. The summed E-state index contributed by atoms with van der Waals surface area (Å²) in [4.78, 5) is 14.9. The standard InChI is InChI=1S/C22H28N2O3/c1-26-11-6-12-27-20-10-5-9-18(13-20)22(25)24-15-19(14-23)21(16-24)17-7-3-2-4-8-17/h2-5,7-10,13,19,21H,6,11-12,14-16,23H2,1H3/t19-,21+/m1/s1. The van der Waals surface area contributed by atoms with E-state index in [0.717, 1.165) is 6.42 Å². The molecular formula is C22H28N2O3. The molecule has 144 valence electrons. The molecule has 1 saturated heterocycles. The normalized spacial score (nSPS) is 19.3. The van der Waals surface area contributed by atoms with Crippen LogP contribution in [0.3, 0.4) is 0 Å². The van der Waals surface area contributed by atoms with Crippen LogP contribution in [0.1, 0.15) is 28.3 Å². The molecule has 0 radical (unpaired) electrons. The number of carbonyl (C=O) groups excluding carboxylic acids is 1. The minimum atomic E-state index is 0.0363. The lowest BCUT2D eigenvalue weighted by molar-refractivity contribution is 0.0786. The molecule has 0 aromatic heterocycles. The van der Waals surface area contributed by atoms with Crippen molar-refractivity contribution >= 4 is 5.91 Å². The van der Waals surface area contributed by atoms with Crippen molar-refractivity contribution in [2.24, 2.45) is 11.7 Å². The van der Waals surface area contributed by atoms with E-state index in [4.69, 9.17) is 15.2 Å². The first-order valence-electron chi connectivity index (χ1n) is 9.49. The lowest BCUT2D eigenvalue weighted by Crippen LogP contribution is -2.29. The molecule has 0 aliphatic carbocycles. The number of nitrogens with zero attached hydrogens (tertiary/aromatic N) is 1. The largest absolute Gasteiger partial charge is 0.493 e. The molecule has 5 nitrogen and oxygen atoms in total. The Labute approximate surface area is 161 Å². The van der Waals surface area contributed by atoms with E-state index in [1.807, 2.05) is 47.4 Å². The summed E-state index contributed by atoms with van der Waals surface area (Å²) in [6, 6.07) is 17.7. The lowest BCUT2D eigenvalue weighted by Gasteiger charge is -2.17. The van der Waals surface area contributed by atoms with Crippen LogP contribution in [0.4, 0.5) is 0 Å². The van der Waals surface area contributed by atoms with Crippen LogP contribution in [0.15, 0.2) is 54.6 Å². The summed E-state index contributed by atoms with van der Waals surface area (Å²) >= 11 is 0. The highest BCUT2D eigenvalue weighted by atomic mass is 16.5. The molecule has 27 heavy (non-hydrogen) atoms. The van der Waals surface area contributed by atoms with Gasteiger partial charge in [-0.2, -0.15) is 0 Å². The fourth-order valence-electron chi connectivity index (χ4n) is 3.65. The van der Waals surface area contributed by atoms with Crippen molar-refractivity contribution in [3.63, 3.8) is 0 Å². The summed E-state index contributed by atoms with van der Waals surface area (Å²) in [5.74, 6) is 1.32. The number of ether oxygens (including phenoxy) is 2. The van der Waals surface area contributed by atoms with Crippen LogP contribution in [-0.2, 0) is 4.74 Å². The first kappa shape index (κ1) is 19.4. The topological polar surface area (TPSA) is 64.8 Å². The Morgan fingerprint density at radius 3 is 2.67 bits per heavy atom. The van der Waals surface area contributed by atoms with Crippen LogP contribution < -0.4 is 10.5 Å². The zero-order chi connectivity index (χ0) is 19.1. The van der Waals surface area contributed by atoms with E-state index in [1.54, 1.807) is 7.11 Å². The van der Waals surface area contributed by atoms with E-state index in [-0.39, 0.29) is 17.7 Å². The number of hydrogen-bond acceptors (Lipinski definition) is 4. The summed E-state index contributed by atoms with van der Waals surface area (Å²) in [5.41, 5.74) is 7.90. The molecule has 0 unspecified atom stereocenters. The van der Waals surface area contributed by atoms with E-state index in [2.05, 4.69) is 12.1 Å². The third kappa shape index (κ3) is 4.87. The molecule has 1 aliphatic heterocycles. The minimum Gasteiger partial charge on any atom is -0.493 e. The van der Waals surface area contributed by atoms with E-state index in [0.29, 0.717) is 44.2 Å². The number of amides is 1. The van der Waals surface area contributed by atoms with Gasteiger partial charge in [0, 0.05) is 44.7 Å². The van der Waals surface area contributed by atoms with Gasteiger partial charge in [-0.15, -0.1) is 0 Å². The maximum absolute atomic E-state index is 13.0. The van der Waals surface area contributed by atoms with E-state index < -0.39 is 0 Å². The van der Waals surface area contributed by atoms with Crippen LogP contribution in [0.25, 0.3) is 0 Å². The van der Waals surface area contributed by atoms with Crippen LogP contribution in [0.5, 0.6) is 5.75 Å². The maximum atomic E-state index is 13.0. The summed E-state index contributed by atoms with van der Waals surface area (Å²) in [6.45, 7) is 3.19. The van der Waals surface area contributed by atoms with Gasteiger partial charge < -0.3 is 20.1 Å². The molecule has 0 spiro atoms. The number of rotatable bonds is 8. The van der Waals surface area contributed by atoms with Gasteiger partial charge >= 0.3 is 0 Å². The van der Waals surface area contributed by atoms with Crippen LogP contribution in [0, 0.1) is 5.92 Å². The number of hydrogen-bond donors (Lipinski definition) is 1. The van der Waals surface area contributed by atoms with Gasteiger partial charge in [-0.1, -0.05) is 36.4 Å². The number of nitrogens with two attached hydrogens (primary N) is 1. The molecule has 3 rings (SSSR count). The Hall–Kier alpha value is -2.37. The van der Waals surface area contributed by atoms with E-state index >= 15 is 0 Å². The zero-order valence-electron chi connectivity index (χ0n) is 15.8. The second-order valence-electron chi connectivity index (χ2n) is 6.95. The summed E-state index contributed by atoms with van der Waals surface area (Å²) in [7, 11) is 1.67. The van der Waals surface area contributed by atoms with E-state index in [1.165, 1.54) is 5.56 Å². The Kier molecular flexibility index (Phi) is 6.85. The Morgan fingerprint density at radius 2 is 1.93 bits per heavy atom. The van der Waals surface area contributed by atoms with Gasteiger partial charge in [-0.05, 0) is 36.2 Å². The Morgan fingerprint density at radius 1 is 1.11 bits per heavy atom. The molecule has 1 heterocycles. The highest BCUT2D eigenvalue weighted by Crippen LogP contribution is 2.33. The van der Waals surface area contributed by atoms with Crippen molar-refractivity contribution in [2.45, 2.75) is 12.3 Å². The van der Waals surface area contributed by atoms with Crippen molar-refractivity contribution in [1.29, 1.82) is 0 Å². The SMILES string of the molecule is COCCCOc1cccc(C(=O)N2C[C@@H](CN)[C@H](c3ccccc3)C2)c1. The Balaban J connectivity index is 1.67. The molecule has 5 heteroatoms. The predicted octanol–water partition coefficient (Wildman–Crippen LogP) is 2.92. The molecule has 2 N–H and O–H groups in total. The van der Waals surface area contributed by atoms with Gasteiger partial charge in [0.25, 0.3) is 5.91 Å². The maximum Gasteiger partial charge on any atom is 0.254 e. The summed E-state index contributed by atoms with van der Waals surface area (Å²) < 4.78 is 10.7. The number of carbonyl (C=O) groups is 1. The molecule has 1 amide bonds. The van der Waals surface area contributed by atoms with Gasteiger partial charge in [-0.25, -0.2) is 0 Å². The van der Waals surface area contributed by atoms with Gasteiger partial charge in [0.1, 0.15) is 5.75 Å². The fraction of sp³-hybridized carbons (Fsp3) is 0.409. The third-order valence-corrected chi connectivity index (χ3v) is 5.10. The second-order valence-corrected chi connectivity index (χ2v) is 6.95. The third-order valence-electron chi connectivity index (χ3n) is 5.10. The van der Waals surface area contributed by atoms with Gasteiger partial charge in [-0.3, -0.25) is 4.79 Å². The smallest absolute Gasteiger partial charge is 0.254 e. The number of benzene rings is 2. The average Bonchev–Trinajstić information content (AvgIpc) is 3.16. The molecule has 2 aromatic rings. The quantitative estimate of drug-likeness (QED) is 0.728. The van der Waals surface area contributed by atoms with Crippen molar-refractivity contribution < 1.29 is 14.3 Å². The van der Waals surface area contributed by atoms with Crippen molar-refractivity contribution in [3.05, 3.63) is 65.7 Å². The fourth-order valence-corrected chi connectivity index (χ4v) is 3.65. The van der Waals surface area contributed by atoms with Crippen molar-refractivity contribution in [3.8, 4) is 5.75 Å². The molecular weight excluding hydrogens is 340 g/mol. The van der Waals surface area contributed by atoms with Gasteiger partial charge in [0.15, 0.2) is 0 Å². The van der Waals surface area contributed by atoms with Gasteiger partial charge in [0.2, 0.25) is 0 Å². The number of methoxy groups -OCH3 is 1. The number of likely N-dealkylation sites (tertiary alicyclic amines) is 1. The summed E-state index contributed by atoms with van der Waals surface area (Å²) in [5, 5.41) is 0. The highest BCUT2D eigenvalue weighted by Gasteiger charge is 2.35. The molecule has 2 atom stereocenters. The first-order valence-corrected chi connectivity index (χ1v) is 9.49. The van der Waals surface area contributed by atoms with Gasteiger partial charge in [0.05, 0.1) is 6.61 Å². The highest BCUT2D eigenvalue weighted by molar-refractivity contribution is 5.94. The van der Waals surface area contributed by atoms with Crippen molar-refractivity contribution in [2.75, 3.05) is 40.0 Å². The monoisotopic (exact) mass is 368 g/mol. The molecule has 1 fully saturated rings. The Bertz CT molecular complexity index is 735. The average molecular weight is 368 g/mol. The van der Waals surface area contributed by atoms with Crippen molar-refractivity contribution in [1.82, 2.24) is 4.90 Å². The van der Waals surface area contributed by atoms with Crippen LogP contribution in [0.2, 0.25) is 0 Å². The predicted molar refractivity (Wildman–Crippen MR) is 106 cm³/mol. The second kappa shape index (κ2) is 9.53. The minimum absolute atomic E-state index is 0.0363. The zero-order valence-corrected chi connectivity index (χ0v) is 15.8. The molecule has 0 saturated carbocycles. The molecule has 0 bridgehead atoms.